The largest absolute Gasteiger partial charge is 0.487 e. The molecule has 2 heterocycles. The molecule has 0 atom stereocenters. The Morgan fingerprint density at radius 2 is 2.19 bits per heavy atom. The van der Waals surface area contributed by atoms with E-state index in [-0.39, 0.29) is 5.60 Å². The van der Waals surface area contributed by atoms with Gasteiger partial charge in [0.2, 0.25) is 0 Å². The van der Waals surface area contributed by atoms with Crippen LogP contribution in [0.5, 0.6) is 5.75 Å². The van der Waals surface area contributed by atoms with Gasteiger partial charge in [-0.05, 0) is 31.9 Å². The van der Waals surface area contributed by atoms with Crippen molar-refractivity contribution in [2.45, 2.75) is 52.2 Å². The third-order valence-electron chi connectivity index (χ3n) is 3.98. The number of aromatic nitrogens is 2. The van der Waals surface area contributed by atoms with Crippen LogP contribution in [-0.4, -0.2) is 15.2 Å². The van der Waals surface area contributed by atoms with E-state index in [1.165, 1.54) is 5.56 Å². The minimum atomic E-state index is -0.155. The normalized spacial score (nSPS) is 15.8. The maximum atomic E-state index is 6.28. The second-order valence-corrected chi connectivity index (χ2v) is 6.36. The number of hydrogen-bond acceptors (Lipinski definition) is 3. The highest BCUT2D eigenvalue weighted by Gasteiger charge is 2.32. The first kappa shape index (κ1) is 14.0. The van der Waals surface area contributed by atoms with E-state index < -0.39 is 0 Å². The van der Waals surface area contributed by atoms with Gasteiger partial charge in [-0.2, -0.15) is 0 Å². The van der Waals surface area contributed by atoms with Crippen molar-refractivity contribution in [2.75, 3.05) is 5.73 Å². The average molecular weight is 285 g/mol. The molecule has 1 aliphatic rings. The van der Waals surface area contributed by atoms with Crippen LogP contribution in [0.1, 0.15) is 39.2 Å². The number of para-hydroxylation sites is 1. The molecule has 112 valence electrons. The number of anilines is 1. The predicted molar refractivity (Wildman–Crippen MR) is 85.4 cm³/mol. The number of nitrogens with two attached hydrogens (primary N) is 1. The Hall–Kier alpha value is -1.97. The molecule has 1 aliphatic heterocycles. The van der Waals surface area contributed by atoms with Gasteiger partial charge in [-0.15, -0.1) is 0 Å². The smallest absolute Gasteiger partial charge is 0.133 e. The van der Waals surface area contributed by atoms with Crippen LogP contribution in [-0.2, 0) is 13.0 Å². The Bertz CT molecular complexity index is 658. The van der Waals surface area contributed by atoms with Gasteiger partial charge in [0.25, 0.3) is 0 Å². The number of unbranched alkanes of at least 4 members (excludes halogenated alkanes) is 1. The monoisotopic (exact) mass is 285 g/mol. The summed E-state index contributed by atoms with van der Waals surface area (Å²) in [6.45, 7) is 7.31. The van der Waals surface area contributed by atoms with Gasteiger partial charge in [0.15, 0.2) is 0 Å². The molecule has 4 heteroatoms. The van der Waals surface area contributed by atoms with Crippen molar-refractivity contribution in [3.05, 3.63) is 30.1 Å². The van der Waals surface area contributed by atoms with E-state index in [1.807, 2.05) is 17.0 Å². The number of rotatable bonds is 4. The van der Waals surface area contributed by atoms with E-state index in [0.717, 1.165) is 48.6 Å². The van der Waals surface area contributed by atoms with Crippen LogP contribution in [0.2, 0.25) is 0 Å². The Labute approximate surface area is 125 Å². The molecule has 0 saturated carbocycles. The first-order valence-electron chi connectivity index (χ1n) is 7.63. The molecular weight excluding hydrogens is 262 g/mol. The molecule has 1 aromatic heterocycles. The fourth-order valence-corrected chi connectivity index (χ4v) is 2.91. The van der Waals surface area contributed by atoms with Crippen LogP contribution in [0.15, 0.2) is 24.5 Å². The number of fused-ring (bicyclic) bond motifs is 1. The van der Waals surface area contributed by atoms with Crippen LogP contribution in [0.4, 0.5) is 5.82 Å². The van der Waals surface area contributed by atoms with Crippen LogP contribution >= 0.6 is 0 Å². The number of hydrogen-bond donors (Lipinski definition) is 1. The molecule has 3 rings (SSSR count). The van der Waals surface area contributed by atoms with E-state index in [1.54, 1.807) is 0 Å². The van der Waals surface area contributed by atoms with Crippen molar-refractivity contribution in [1.82, 2.24) is 9.55 Å². The third-order valence-corrected chi connectivity index (χ3v) is 3.98. The van der Waals surface area contributed by atoms with E-state index in [4.69, 9.17) is 10.5 Å². The van der Waals surface area contributed by atoms with Crippen LogP contribution < -0.4 is 10.5 Å². The molecule has 0 unspecified atom stereocenters. The summed E-state index contributed by atoms with van der Waals surface area (Å²) in [7, 11) is 0. The fourth-order valence-electron chi connectivity index (χ4n) is 2.91. The quantitative estimate of drug-likeness (QED) is 0.933. The van der Waals surface area contributed by atoms with Gasteiger partial charge in [-0.1, -0.05) is 25.5 Å². The van der Waals surface area contributed by atoms with Crippen molar-refractivity contribution in [3.8, 4) is 17.0 Å². The highest BCUT2D eigenvalue weighted by molar-refractivity contribution is 5.77. The highest BCUT2D eigenvalue weighted by atomic mass is 16.5. The summed E-state index contributed by atoms with van der Waals surface area (Å²) < 4.78 is 8.15. The molecule has 2 N–H and O–H groups in total. The zero-order valence-electron chi connectivity index (χ0n) is 13.0. The van der Waals surface area contributed by atoms with E-state index >= 15 is 0 Å². The van der Waals surface area contributed by atoms with Crippen LogP contribution in [0, 0.1) is 0 Å². The number of imidazole rings is 1. The Kier molecular flexibility index (Phi) is 3.40. The lowest BCUT2D eigenvalue weighted by molar-refractivity contribution is 0.139. The molecule has 0 aliphatic carbocycles. The lowest BCUT2D eigenvalue weighted by atomic mass is 10.00. The molecule has 0 saturated heterocycles. The summed E-state index contributed by atoms with van der Waals surface area (Å²) in [5.74, 6) is 1.67. The first-order chi connectivity index (χ1) is 10.0. The van der Waals surface area contributed by atoms with Crippen LogP contribution in [0.3, 0.4) is 0 Å². The molecular formula is C17H23N3O. The van der Waals surface area contributed by atoms with Gasteiger partial charge in [0.05, 0.1) is 6.33 Å². The number of benzene rings is 1. The van der Waals surface area contributed by atoms with E-state index in [2.05, 4.69) is 37.9 Å². The SMILES string of the molecule is CCCCn1cnc(-c2cccc3c2OC(C)(C)C3)c1N. The number of nitrogen functional groups attached to an aromatic ring is 1. The Morgan fingerprint density at radius 1 is 1.38 bits per heavy atom. The first-order valence-corrected chi connectivity index (χ1v) is 7.63. The second-order valence-electron chi connectivity index (χ2n) is 6.36. The minimum Gasteiger partial charge on any atom is -0.487 e. The van der Waals surface area contributed by atoms with Gasteiger partial charge >= 0.3 is 0 Å². The number of ether oxygens (including phenoxy) is 1. The zero-order valence-corrected chi connectivity index (χ0v) is 13.0. The average Bonchev–Trinajstić information content (AvgIpc) is 2.94. The Balaban J connectivity index is 2.00. The maximum Gasteiger partial charge on any atom is 0.133 e. The van der Waals surface area contributed by atoms with Gasteiger partial charge in [0.1, 0.15) is 22.9 Å². The van der Waals surface area contributed by atoms with Crippen molar-refractivity contribution in [1.29, 1.82) is 0 Å². The molecule has 0 radical (unpaired) electrons. The van der Waals surface area contributed by atoms with Crippen LogP contribution in [0.25, 0.3) is 11.3 Å². The topological polar surface area (TPSA) is 53.1 Å². The fraction of sp³-hybridized carbons (Fsp3) is 0.471. The van der Waals surface area contributed by atoms with Gasteiger partial charge in [-0.25, -0.2) is 4.98 Å². The summed E-state index contributed by atoms with van der Waals surface area (Å²) in [4.78, 5) is 4.52. The lowest BCUT2D eigenvalue weighted by Gasteiger charge is -2.18. The number of nitrogens with zero attached hydrogens (tertiary/aromatic N) is 2. The number of aryl methyl sites for hydroxylation is 1. The molecule has 21 heavy (non-hydrogen) atoms. The van der Waals surface area contributed by atoms with E-state index in [0.29, 0.717) is 0 Å². The van der Waals surface area contributed by atoms with E-state index in [9.17, 15) is 0 Å². The van der Waals surface area contributed by atoms with Gasteiger partial charge in [-0.3, -0.25) is 0 Å². The maximum absolute atomic E-state index is 6.28. The standard InChI is InChI=1S/C17H23N3O/c1-4-5-9-20-11-19-14(16(20)18)13-8-6-7-12-10-17(2,3)21-15(12)13/h6-8,11H,4-5,9-10,18H2,1-3H3. The van der Waals surface area contributed by atoms with Crippen molar-refractivity contribution < 1.29 is 4.74 Å². The van der Waals surface area contributed by atoms with Gasteiger partial charge in [0, 0.05) is 18.5 Å². The van der Waals surface area contributed by atoms with Crippen molar-refractivity contribution in [3.63, 3.8) is 0 Å². The highest BCUT2D eigenvalue weighted by Crippen LogP contribution is 2.43. The van der Waals surface area contributed by atoms with Crippen molar-refractivity contribution >= 4 is 5.82 Å². The zero-order chi connectivity index (χ0) is 15.0. The predicted octanol–water partition coefficient (Wildman–Crippen LogP) is 3.65. The lowest BCUT2D eigenvalue weighted by Crippen LogP contribution is -2.24. The summed E-state index contributed by atoms with van der Waals surface area (Å²) >= 11 is 0. The van der Waals surface area contributed by atoms with Crippen molar-refractivity contribution in [2.24, 2.45) is 0 Å². The van der Waals surface area contributed by atoms with Gasteiger partial charge < -0.3 is 15.0 Å². The molecule has 0 fully saturated rings. The molecule has 0 bridgehead atoms. The summed E-state index contributed by atoms with van der Waals surface area (Å²) in [6.07, 6.45) is 5.01. The molecule has 4 nitrogen and oxygen atoms in total. The molecule has 0 spiro atoms. The third kappa shape index (κ3) is 2.50. The molecule has 1 aromatic carbocycles. The summed E-state index contributed by atoms with van der Waals surface area (Å²) in [6, 6.07) is 6.23. The minimum absolute atomic E-state index is 0.155. The summed E-state index contributed by atoms with van der Waals surface area (Å²) in [5.41, 5.74) is 9.20. The Morgan fingerprint density at radius 3 is 2.95 bits per heavy atom. The molecule has 0 amide bonds. The summed E-state index contributed by atoms with van der Waals surface area (Å²) in [5, 5.41) is 0. The second kappa shape index (κ2) is 5.10. The molecule has 2 aromatic rings.